The van der Waals surface area contributed by atoms with Crippen molar-refractivity contribution in [3.63, 3.8) is 0 Å². The van der Waals surface area contributed by atoms with Crippen LogP contribution in [0.4, 0.5) is 9.59 Å². The van der Waals surface area contributed by atoms with Gasteiger partial charge in [-0.25, -0.2) is 0 Å². The Balaban J connectivity index is 0.939. The molecule has 4 aromatic rings. The number of rotatable bonds is 16. The first-order chi connectivity index (χ1) is 26.9. The number of aryl methyl sites for hydroxylation is 1. The van der Waals surface area contributed by atoms with Crippen LogP contribution in [0.1, 0.15) is 66.6 Å². The van der Waals surface area contributed by atoms with E-state index in [-0.39, 0.29) is 47.8 Å². The molecule has 5 atom stereocenters. The average Bonchev–Trinajstić information content (AvgIpc) is 3.34. The third kappa shape index (κ3) is 10.3. The maximum absolute atomic E-state index is 13.5. The second kappa shape index (κ2) is 18.5. The van der Waals surface area contributed by atoms with Crippen molar-refractivity contribution in [1.29, 1.82) is 0 Å². The fourth-order valence-electron chi connectivity index (χ4n) is 6.40. The average molecular weight is 799 g/mol. The molecule has 12 nitrogen and oxygen atoms in total. The van der Waals surface area contributed by atoms with Crippen molar-refractivity contribution < 1.29 is 38.9 Å². The highest BCUT2D eigenvalue weighted by Gasteiger charge is 2.49. The van der Waals surface area contributed by atoms with Gasteiger partial charge in [-0.15, -0.1) is 0 Å². The Labute approximate surface area is 334 Å². The Morgan fingerprint density at radius 2 is 1.38 bits per heavy atom. The van der Waals surface area contributed by atoms with E-state index < -0.39 is 22.2 Å². The SMILES string of the molecule is CCc1ccc([C@@H](O)COc2ccc(CC3(C)SC(=O)N(CCc4ccc([C@H](O)COc5ccc(CC6SC(=O)NCC(C)C6=O)cc5)nc4)C3=O)cc2)nc1. The van der Waals surface area contributed by atoms with Crippen LogP contribution in [-0.2, 0) is 35.3 Å². The molecule has 2 saturated heterocycles. The Morgan fingerprint density at radius 1 is 0.821 bits per heavy atom. The summed E-state index contributed by atoms with van der Waals surface area (Å²) in [5, 5.41) is 23.0. The summed E-state index contributed by atoms with van der Waals surface area (Å²) >= 11 is 2.06. The van der Waals surface area contributed by atoms with Crippen LogP contribution in [0.2, 0.25) is 0 Å². The predicted molar refractivity (Wildman–Crippen MR) is 215 cm³/mol. The molecule has 0 bridgehead atoms. The number of thioether (sulfide) groups is 2. The summed E-state index contributed by atoms with van der Waals surface area (Å²) in [6.07, 6.45) is 3.59. The fourth-order valence-corrected chi connectivity index (χ4v) is 8.56. The predicted octanol–water partition coefficient (Wildman–Crippen LogP) is 6.08. The van der Waals surface area contributed by atoms with Gasteiger partial charge in [-0.1, -0.05) is 62.0 Å². The van der Waals surface area contributed by atoms with Crippen molar-refractivity contribution in [3.05, 3.63) is 119 Å². The van der Waals surface area contributed by atoms with E-state index in [1.807, 2.05) is 50.2 Å². The van der Waals surface area contributed by atoms with Gasteiger partial charge < -0.3 is 25.0 Å². The van der Waals surface area contributed by atoms with E-state index in [1.54, 1.807) is 55.7 Å². The number of aliphatic hydroxyl groups is 2. The minimum atomic E-state index is -0.990. The summed E-state index contributed by atoms with van der Waals surface area (Å²) in [5.41, 5.74) is 4.64. The number of carbonyl (C=O) groups excluding carboxylic acids is 4. The number of pyridine rings is 2. The molecule has 4 heterocycles. The van der Waals surface area contributed by atoms with Crippen molar-refractivity contribution in [2.24, 2.45) is 5.92 Å². The second-order valence-electron chi connectivity index (χ2n) is 14.2. The van der Waals surface area contributed by atoms with E-state index in [9.17, 15) is 29.4 Å². The van der Waals surface area contributed by atoms with E-state index in [4.69, 9.17) is 9.47 Å². The summed E-state index contributed by atoms with van der Waals surface area (Å²) in [4.78, 5) is 61.1. The molecule has 3 unspecified atom stereocenters. The highest BCUT2D eigenvalue weighted by Crippen LogP contribution is 2.40. The van der Waals surface area contributed by atoms with E-state index >= 15 is 0 Å². The van der Waals surface area contributed by atoms with Gasteiger partial charge in [0.05, 0.1) is 16.6 Å². The number of amides is 3. The smallest absolute Gasteiger partial charge is 0.289 e. The largest absolute Gasteiger partial charge is 0.490 e. The Morgan fingerprint density at radius 3 is 1.93 bits per heavy atom. The summed E-state index contributed by atoms with van der Waals surface area (Å²) in [5.74, 6) is 0.694. The zero-order chi connectivity index (χ0) is 39.8. The number of hydrogen-bond donors (Lipinski definition) is 3. The molecule has 2 aromatic carbocycles. The molecule has 0 saturated carbocycles. The highest BCUT2D eigenvalue weighted by molar-refractivity contribution is 8.16. The quantitative estimate of drug-likeness (QED) is 0.120. The van der Waals surface area contributed by atoms with Crippen LogP contribution in [0.5, 0.6) is 11.5 Å². The number of ether oxygens (including phenoxy) is 2. The molecule has 3 N–H and O–H groups in total. The molecule has 0 radical (unpaired) electrons. The van der Waals surface area contributed by atoms with Crippen LogP contribution in [-0.4, -0.2) is 83.6 Å². The van der Waals surface area contributed by atoms with Gasteiger partial charge >= 0.3 is 0 Å². The lowest BCUT2D eigenvalue weighted by atomic mass is 9.98. The lowest BCUT2D eigenvalue weighted by Crippen LogP contribution is -2.39. The zero-order valence-corrected chi connectivity index (χ0v) is 33.2. The van der Waals surface area contributed by atoms with Crippen molar-refractivity contribution in [1.82, 2.24) is 20.2 Å². The number of ketones is 1. The van der Waals surface area contributed by atoms with Crippen molar-refractivity contribution in [3.8, 4) is 11.5 Å². The Hall–Kier alpha value is -4.76. The molecule has 294 valence electrons. The maximum atomic E-state index is 13.5. The van der Waals surface area contributed by atoms with Crippen LogP contribution < -0.4 is 14.8 Å². The summed E-state index contributed by atoms with van der Waals surface area (Å²) in [6, 6.07) is 21.8. The first kappa shape index (κ1) is 40.9. The third-order valence-electron chi connectivity index (χ3n) is 9.87. The standard InChI is InChI=1S/C42H46N4O8S2/c1-4-27-9-15-33(43-22-27)35(47)24-54-32-13-7-29(8-14-32)20-42(3)39(50)46(41(52)56-42)18-17-30-10-16-34(44-23-30)36(48)25-53-31-11-5-28(6-12-31)19-37-38(49)26(2)21-45-40(51)55-37/h5-16,22-23,26,35-37,47-48H,4,17-21,24-25H2,1-3H3,(H,45,51)/t26?,35-,36+,37?,42?/m0/s1. The van der Waals surface area contributed by atoms with Crippen molar-refractivity contribution in [2.75, 3.05) is 26.3 Å². The molecule has 0 aliphatic carbocycles. The third-order valence-corrected chi connectivity index (χ3v) is 12.1. The van der Waals surface area contributed by atoms with Crippen LogP contribution in [0.3, 0.4) is 0 Å². The first-order valence-electron chi connectivity index (χ1n) is 18.6. The Kier molecular flexibility index (Phi) is 13.5. The first-order valence-corrected chi connectivity index (χ1v) is 20.3. The number of hydrogen-bond acceptors (Lipinski definition) is 12. The zero-order valence-electron chi connectivity index (χ0n) is 31.6. The van der Waals surface area contributed by atoms with Gasteiger partial charge in [-0.3, -0.25) is 34.0 Å². The monoisotopic (exact) mass is 798 g/mol. The molecule has 2 aliphatic rings. The number of aliphatic hydroxyl groups excluding tert-OH is 2. The number of nitrogens with one attached hydrogen (secondary N) is 1. The maximum Gasteiger partial charge on any atom is 0.289 e. The minimum absolute atomic E-state index is 0.0302. The normalized spacial score (nSPS) is 21.1. The number of aromatic nitrogens is 2. The lowest BCUT2D eigenvalue weighted by molar-refractivity contribution is -0.129. The molecule has 3 amide bonds. The molecule has 0 spiro atoms. The lowest BCUT2D eigenvalue weighted by Gasteiger charge is -2.21. The molecule has 2 aromatic heterocycles. The van der Waals surface area contributed by atoms with Gasteiger partial charge in [-0.2, -0.15) is 0 Å². The molecule has 56 heavy (non-hydrogen) atoms. The van der Waals surface area contributed by atoms with Gasteiger partial charge in [0.2, 0.25) is 5.91 Å². The molecular weight excluding hydrogens is 753 g/mol. The van der Waals surface area contributed by atoms with E-state index in [0.717, 1.165) is 52.2 Å². The van der Waals surface area contributed by atoms with Crippen molar-refractivity contribution in [2.45, 2.75) is 68.7 Å². The number of Topliss-reactive ketones (excluding diaryl/α,β-unsaturated/α-hetero) is 1. The van der Waals surface area contributed by atoms with Crippen LogP contribution in [0, 0.1) is 5.92 Å². The summed E-state index contributed by atoms with van der Waals surface area (Å²) in [6.45, 7) is 6.22. The van der Waals surface area contributed by atoms with Gasteiger partial charge in [0.1, 0.15) is 41.7 Å². The van der Waals surface area contributed by atoms with E-state index in [2.05, 4.69) is 15.3 Å². The van der Waals surface area contributed by atoms with Crippen LogP contribution in [0.15, 0.2) is 85.2 Å². The van der Waals surface area contributed by atoms with E-state index in [1.165, 1.54) is 4.90 Å². The van der Waals surface area contributed by atoms with Gasteiger partial charge in [0, 0.05) is 31.4 Å². The molecular formula is C42H46N4O8S2. The van der Waals surface area contributed by atoms with Gasteiger partial charge in [0.15, 0.2) is 5.78 Å². The number of benzene rings is 2. The van der Waals surface area contributed by atoms with Crippen LogP contribution >= 0.6 is 23.5 Å². The molecule has 2 aliphatic heterocycles. The second-order valence-corrected chi connectivity index (χ2v) is 16.9. The molecule has 2 fully saturated rings. The Bertz CT molecular complexity index is 2000. The molecule has 14 heteroatoms. The van der Waals surface area contributed by atoms with Crippen molar-refractivity contribution >= 4 is 45.7 Å². The van der Waals surface area contributed by atoms with Gasteiger partial charge in [-0.05, 0) is 103 Å². The number of carbonyl (C=O) groups is 4. The summed E-state index contributed by atoms with van der Waals surface area (Å²) < 4.78 is 10.6. The molecule has 6 rings (SSSR count). The highest BCUT2D eigenvalue weighted by atomic mass is 32.2. The summed E-state index contributed by atoms with van der Waals surface area (Å²) in [7, 11) is 0. The number of nitrogens with zero attached hydrogens (tertiary/aromatic N) is 3. The number of imide groups is 1. The fraction of sp³-hybridized carbons (Fsp3) is 0.381. The minimum Gasteiger partial charge on any atom is -0.490 e. The van der Waals surface area contributed by atoms with Gasteiger partial charge in [0.25, 0.3) is 10.5 Å². The van der Waals surface area contributed by atoms with Crippen LogP contribution in [0.25, 0.3) is 0 Å². The topological polar surface area (TPSA) is 168 Å². The van der Waals surface area contributed by atoms with E-state index in [0.29, 0.717) is 48.7 Å².